The highest BCUT2D eigenvalue weighted by atomic mass is 79.9. The summed E-state index contributed by atoms with van der Waals surface area (Å²) in [5, 5.41) is 0.699. The molecule has 0 aliphatic carbocycles. The summed E-state index contributed by atoms with van der Waals surface area (Å²) in [7, 11) is 3.28. The first-order valence-corrected chi connectivity index (χ1v) is 6.39. The first-order chi connectivity index (χ1) is 7.94. The van der Waals surface area contributed by atoms with Crippen LogP contribution in [0.15, 0.2) is 18.3 Å². The summed E-state index contributed by atoms with van der Waals surface area (Å²) >= 11 is 3.41. The molecule has 1 aromatic heterocycles. The first kappa shape index (κ1) is 14.0. The van der Waals surface area contributed by atoms with E-state index < -0.39 is 0 Å². The van der Waals surface area contributed by atoms with Gasteiger partial charge < -0.3 is 9.64 Å². The molecule has 17 heavy (non-hydrogen) atoms. The Morgan fingerprint density at radius 2 is 2.24 bits per heavy atom. The third-order valence-corrected chi connectivity index (χ3v) is 4.11. The van der Waals surface area contributed by atoms with Gasteiger partial charge in [-0.15, -0.1) is 0 Å². The van der Waals surface area contributed by atoms with Gasteiger partial charge in [0.1, 0.15) is 5.56 Å². The maximum Gasteiger partial charge on any atom is 0.259 e. The number of carbonyl (C=O) groups is 1. The Morgan fingerprint density at radius 1 is 1.59 bits per heavy atom. The topological polar surface area (TPSA) is 42.4 Å². The van der Waals surface area contributed by atoms with Gasteiger partial charge in [0.25, 0.3) is 5.91 Å². The van der Waals surface area contributed by atoms with E-state index in [1.807, 2.05) is 13.8 Å². The highest BCUT2D eigenvalue weighted by Crippen LogP contribution is 2.22. The summed E-state index contributed by atoms with van der Waals surface area (Å²) < 4.78 is 5.09. The lowest BCUT2D eigenvalue weighted by Gasteiger charge is -2.34. The normalized spacial score (nSPS) is 11.1. The minimum atomic E-state index is -0.266. The number of halogens is 1. The van der Waals surface area contributed by atoms with Crippen molar-refractivity contribution in [3.63, 3.8) is 0 Å². The van der Waals surface area contributed by atoms with Crippen LogP contribution in [0.1, 0.15) is 24.2 Å². The van der Waals surface area contributed by atoms with Crippen molar-refractivity contribution in [3.05, 3.63) is 23.9 Å². The highest BCUT2D eigenvalue weighted by Gasteiger charge is 2.28. The molecule has 0 bridgehead atoms. The number of alkyl halides is 1. The van der Waals surface area contributed by atoms with E-state index in [-0.39, 0.29) is 11.4 Å². The molecule has 0 saturated carbocycles. The van der Waals surface area contributed by atoms with Gasteiger partial charge in [-0.3, -0.25) is 4.79 Å². The second kappa shape index (κ2) is 5.49. The number of pyridine rings is 1. The Bertz CT molecular complexity index is 407. The number of carbonyl (C=O) groups excluding carboxylic acids is 1. The molecule has 4 nitrogen and oxygen atoms in total. The number of ether oxygens (including phenoxy) is 1. The van der Waals surface area contributed by atoms with Crippen molar-refractivity contribution in [2.45, 2.75) is 19.4 Å². The predicted molar refractivity (Wildman–Crippen MR) is 70.8 cm³/mol. The summed E-state index contributed by atoms with van der Waals surface area (Å²) in [6, 6.07) is 3.44. The minimum Gasteiger partial charge on any atom is -0.480 e. The van der Waals surface area contributed by atoms with E-state index in [0.717, 1.165) is 0 Å². The van der Waals surface area contributed by atoms with Crippen LogP contribution in [0.5, 0.6) is 5.88 Å². The van der Waals surface area contributed by atoms with E-state index in [0.29, 0.717) is 16.8 Å². The molecule has 1 rings (SSSR count). The van der Waals surface area contributed by atoms with Gasteiger partial charge >= 0.3 is 0 Å². The van der Waals surface area contributed by atoms with Crippen molar-refractivity contribution >= 4 is 21.8 Å². The maximum absolute atomic E-state index is 12.3. The summed E-state index contributed by atoms with van der Waals surface area (Å²) in [6.07, 6.45) is 1.60. The second-order valence-corrected chi connectivity index (χ2v) is 4.93. The van der Waals surface area contributed by atoms with Gasteiger partial charge in [-0.1, -0.05) is 15.9 Å². The highest BCUT2D eigenvalue weighted by molar-refractivity contribution is 9.09. The summed E-state index contributed by atoms with van der Waals surface area (Å²) in [5.74, 6) is 0.258. The molecule has 0 spiro atoms. The Kier molecular flexibility index (Phi) is 4.51. The molecule has 0 atom stereocenters. The number of aromatic nitrogens is 1. The molecule has 0 N–H and O–H groups in total. The average Bonchev–Trinajstić information content (AvgIpc) is 2.36. The van der Waals surface area contributed by atoms with Crippen LogP contribution in [-0.4, -0.2) is 40.8 Å². The van der Waals surface area contributed by atoms with Crippen molar-refractivity contribution < 1.29 is 9.53 Å². The quantitative estimate of drug-likeness (QED) is 0.802. The number of amides is 1. The lowest BCUT2D eigenvalue weighted by molar-refractivity contribution is 0.0659. The molecule has 0 fully saturated rings. The molecule has 0 radical (unpaired) electrons. The van der Waals surface area contributed by atoms with E-state index in [2.05, 4.69) is 20.9 Å². The van der Waals surface area contributed by atoms with Gasteiger partial charge in [0, 0.05) is 24.1 Å². The Morgan fingerprint density at radius 3 is 2.76 bits per heavy atom. The van der Waals surface area contributed by atoms with E-state index in [4.69, 9.17) is 4.74 Å². The fourth-order valence-electron chi connectivity index (χ4n) is 1.26. The van der Waals surface area contributed by atoms with Crippen molar-refractivity contribution in [3.8, 4) is 5.88 Å². The van der Waals surface area contributed by atoms with Crippen molar-refractivity contribution in [1.82, 2.24) is 9.88 Å². The van der Waals surface area contributed by atoms with Gasteiger partial charge in [-0.25, -0.2) is 4.98 Å². The third-order valence-electron chi connectivity index (χ3n) is 2.73. The maximum atomic E-state index is 12.3. The summed E-state index contributed by atoms with van der Waals surface area (Å²) in [5.41, 5.74) is 0.212. The van der Waals surface area contributed by atoms with Crippen molar-refractivity contribution in [2.24, 2.45) is 0 Å². The monoisotopic (exact) mass is 300 g/mol. The molecule has 0 saturated heterocycles. The zero-order valence-corrected chi connectivity index (χ0v) is 12.1. The standard InChI is InChI=1S/C12H17BrN2O2/c1-12(2,8-13)15(3)11(16)9-6-5-7-14-10(9)17-4/h5-7H,8H2,1-4H3. The summed E-state index contributed by atoms with van der Waals surface area (Å²) in [4.78, 5) is 18.0. The SMILES string of the molecule is COc1ncccc1C(=O)N(C)C(C)(C)CBr. The van der Waals surface area contributed by atoms with E-state index >= 15 is 0 Å². The fourth-order valence-corrected chi connectivity index (χ4v) is 1.64. The average molecular weight is 301 g/mol. The molecule has 0 aliphatic rings. The Labute approximate surface area is 110 Å². The van der Waals surface area contributed by atoms with E-state index in [1.54, 1.807) is 30.3 Å². The van der Waals surface area contributed by atoms with Gasteiger partial charge in [-0.2, -0.15) is 0 Å². The van der Waals surface area contributed by atoms with Gasteiger partial charge in [0.05, 0.1) is 7.11 Å². The van der Waals surface area contributed by atoms with Crippen LogP contribution in [0.3, 0.4) is 0 Å². The molecule has 1 amide bonds. The smallest absolute Gasteiger partial charge is 0.259 e. The molecule has 5 heteroatoms. The molecule has 94 valence electrons. The lowest BCUT2D eigenvalue weighted by atomic mass is 10.1. The molecule has 0 aliphatic heterocycles. The number of rotatable bonds is 4. The molecule has 0 aromatic carbocycles. The zero-order valence-electron chi connectivity index (χ0n) is 10.5. The number of nitrogens with zero attached hydrogens (tertiary/aromatic N) is 2. The van der Waals surface area contributed by atoms with Gasteiger partial charge in [0.15, 0.2) is 0 Å². The van der Waals surface area contributed by atoms with Crippen LogP contribution in [0.25, 0.3) is 0 Å². The summed E-state index contributed by atoms with van der Waals surface area (Å²) in [6.45, 7) is 3.98. The van der Waals surface area contributed by atoms with Crippen LogP contribution in [-0.2, 0) is 0 Å². The van der Waals surface area contributed by atoms with Crippen LogP contribution in [0.2, 0.25) is 0 Å². The van der Waals surface area contributed by atoms with E-state index in [1.165, 1.54) is 7.11 Å². The van der Waals surface area contributed by atoms with E-state index in [9.17, 15) is 4.79 Å². The Hall–Kier alpha value is -1.10. The van der Waals surface area contributed by atoms with Crippen LogP contribution >= 0.6 is 15.9 Å². The number of methoxy groups -OCH3 is 1. The van der Waals surface area contributed by atoms with Crippen molar-refractivity contribution in [2.75, 3.05) is 19.5 Å². The van der Waals surface area contributed by atoms with Crippen LogP contribution in [0.4, 0.5) is 0 Å². The molecule has 0 unspecified atom stereocenters. The largest absolute Gasteiger partial charge is 0.480 e. The first-order valence-electron chi connectivity index (χ1n) is 5.27. The number of hydrogen-bond acceptors (Lipinski definition) is 3. The molecule has 1 aromatic rings. The fraction of sp³-hybridized carbons (Fsp3) is 0.500. The molecular formula is C12H17BrN2O2. The Balaban J connectivity index is 3.04. The third kappa shape index (κ3) is 2.97. The van der Waals surface area contributed by atoms with Crippen molar-refractivity contribution in [1.29, 1.82) is 0 Å². The molecular weight excluding hydrogens is 284 g/mol. The molecule has 1 heterocycles. The van der Waals surface area contributed by atoms with Gasteiger partial charge in [-0.05, 0) is 26.0 Å². The van der Waals surface area contributed by atoms with Crippen LogP contribution < -0.4 is 4.74 Å². The predicted octanol–water partition coefficient (Wildman–Crippen LogP) is 2.34. The zero-order chi connectivity index (χ0) is 13.1. The number of hydrogen-bond donors (Lipinski definition) is 0. The van der Waals surface area contributed by atoms with Gasteiger partial charge in [0.2, 0.25) is 5.88 Å². The second-order valence-electron chi connectivity index (χ2n) is 4.37. The minimum absolute atomic E-state index is 0.0978. The van der Waals surface area contributed by atoms with Crippen LogP contribution in [0, 0.1) is 0 Å². The lowest BCUT2D eigenvalue weighted by Crippen LogP contribution is -2.46.